The first-order valence-electron chi connectivity index (χ1n) is 10.7. The Hall–Kier alpha value is -2.37. The second kappa shape index (κ2) is 8.97. The molecule has 0 aliphatic heterocycles. The largest absolute Gasteiger partial charge is 0.492 e. The number of hydrogen-bond donors (Lipinski definition) is 0. The Morgan fingerprint density at radius 2 is 1.03 bits per heavy atom. The second-order valence-electron chi connectivity index (χ2n) is 7.92. The van der Waals surface area contributed by atoms with Gasteiger partial charge in [0.05, 0.1) is 6.10 Å². The van der Waals surface area contributed by atoms with Crippen molar-refractivity contribution in [2.24, 2.45) is 0 Å². The third kappa shape index (κ3) is 3.89. The first-order chi connectivity index (χ1) is 14.2. The molecule has 4 rings (SSSR count). The summed E-state index contributed by atoms with van der Waals surface area (Å²) >= 11 is 0. The van der Waals surface area contributed by atoms with Crippen molar-refractivity contribution in [3.05, 3.63) is 102 Å². The highest BCUT2D eigenvalue weighted by atomic mass is 31.2. The molecule has 0 bridgehead atoms. The van der Waals surface area contributed by atoms with E-state index in [0.29, 0.717) is 0 Å². The van der Waals surface area contributed by atoms with E-state index >= 15 is 0 Å². The van der Waals surface area contributed by atoms with Gasteiger partial charge in [-0.05, 0) is 63.1 Å². The van der Waals surface area contributed by atoms with Crippen molar-refractivity contribution in [3.63, 3.8) is 0 Å². The summed E-state index contributed by atoms with van der Waals surface area (Å²) < 4.78 is 6.48. The van der Waals surface area contributed by atoms with Crippen LogP contribution >= 0.6 is 7.26 Å². The molecule has 29 heavy (non-hydrogen) atoms. The van der Waals surface area contributed by atoms with Crippen molar-refractivity contribution >= 4 is 23.2 Å². The number of hydrogen-bond acceptors (Lipinski definition) is 1. The molecule has 3 aromatic carbocycles. The number of ether oxygens (including phenoxy) is 1. The first-order valence-corrected chi connectivity index (χ1v) is 12.5. The third-order valence-electron chi connectivity index (χ3n) is 5.60. The van der Waals surface area contributed by atoms with Crippen LogP contribution in [0.3, 0.4) is 0 Å². The summed E-state index contributed by atoms with van der Waals surface area (Å²) in [5.41, 5.74) is 0. The van der Waals surface area contributed by atoms with Crippen molar-refractivity contribution in [1.29, 1.82) is 0 Å². The third-order valence-corrected chi connectivity index (χ3v) is 10.1. The Labute approximate surface area is 175 Å². The van der Waals surface area contributed by atoms with E-state index in [0.717, 1.165) is 12.8 Å². The molecular formula is C27H30OP+. The van der Waals surface area contributed by atoms with Gasteiger partial charge in [-0.25, -0.2) is 0 Å². The van der Waals surface area contributed by atoms with Gasteiger partial charge in [-0.1, -0.05) is 54.6 Å². The molecule has 0 aromatic heterocycles. The van der Waals surface area contributed by atoms with Crippen molar-refractivity contribution in [2.45, 2.75) is 45.6 Å². The van der Waals surface area contributed by atoms with Gasteiger partial charge in [0.2, 0.25) is 0 Å². The van der Waals surface area contributed by atoms with Crippen LogP contribution in [0.1, 0.15) is 39.5 Å². The normalized spacial score (nSPS) is 14.9. The zero-order chi connectivity index (χ0) is 20.1. The molecular weight excluding hydrogens is 371 g/mol. The van der Waals surface area contributed by atoms with Gasteiger partial charge in [-0.3, -0.25) is 0 Å². The molecule has 0 heterocycles. The standard InChI is InChI=1S/C27H30OP/c1-22(2)28-26-20-12-13-21-27(26)29(23-14-6-3-7-15-23,24-16-8-4-9-17-24)25-18-10-5-11-19-25/h3-11,14-19,22H,12-13,20-21H2,1-2H3/q+1. The molecule has 0 saturated heterocycles. The van der Waals surface area contributed by atoms with Crippen LogP contribution in [0.2, 0.25) is 0 Å². The quantitative estimate of drug-likeness (QED) is 0.448. The van der Waals surface area contributed by atoms with E-state index in [1.165, 1.54) is 39.8 Å². The van der Waals surface area contributed by atoms with Crippen molar-refractivity contribution in [2.75, 3.05) is 0 Å². The number of benzene rings is 3. The van der Waals surface area contributed by atoms with Gasteiger partial charge in [-0.15, -0.1) is 0 Å². The zero-order valence-electron chi connectivity index (χ0n) is 17.4. The lowest BCUT2D eigenvalue weighted by Crippen LogP contribution is -2.34. The Morgan fingerprint density at radius 1 is 0.621 bits per heavy atom. The predicted octanol–water partition coefficient (Wildman–Crippen LogP) is 6.19. The predicted molar refractivity (Wildman–Crippen MR) is 127 cm³/mol. The SMILES string of the molecule is CC(C)OC1=C([P+](c2ccccc2)(c2ccccc2)c2ccccc2)CCCC1. The van der Waals surface area contributed by atoms with Crippen LogP contribution in [0.5, 0.6) is 0 Å². The molecule has 0 atom stereocenters. The lowest BCUT2D eigenvalue weighted by atomic mass is 10.1. The zero-order valence-corrected chi connectivity index (χ0v) is 18.3. The van der Waals surface area contributed by atoms with E-state index in [-0.39, 0.29) is 6.10 Å². The fourth-order valence-corrected chi connectivity index (χ4v) is 9.22. The van der Waals surface area contributed by atoms with Gasteiger partial charge in [0.1, 0.15) is 34.2 Å². The molecule has 0 radical (unpaired) electrons. The highest BCUT2D eigenvalue weighted by molar-refractivity contribution is 7.99. The van der Waals surface area contributed by atoms with Crippen LogP contribution in [0.25, 0.3) is 0 Å². The number of allylic oxidation sites excluding steroid dienone is 2. The molecule has 0 N–H and O–H groups in total. The Balaban J connectivity index is 2.09. The molecule has 2 heteroatoms. The molecule has 148 valence electrons. The van der Waals surface area contributed by atoms with Crippen molar-refractivity contribution in [1.82, 2.24) is 0 Å². The average molecular weight is 402 g/mol. The maximum Gasteiger partial charge on any atom is 0.143 e. The van der Waals surface area contributed by atoms with E-state index in [2.05, 4.69) is 105 Å². The summed E-state index contributed by atoms with van der Waals surface area (Å²) in [6.07, 6.45) is 4.79. The lowest BCUT2D eigenvalue weighted by molar-refractivity contribution is 0.133. The smallest absolute Gasteiger partial charge is 0.143 e. The highest BCUT2D eigenvalue weighted by Crippen LogP contribution is 2.66. The highest BCUT2D eigenvalue weighted by Gasteiger charge is 2.51. The molecule has 1 aliphatic rings. The minimum Gasteiger partial charge on any atom is -0.492 e. The van der Waals surface area contributed by atoms with Crippen molar-refractivity contribution < 1.29 is 4.74 Å². The minimum absolute atomic E-state index is 0.197. The van der Waals surface area contributed by atoms with Crippen LogP contribution in [-0.2, 0) is 4.74 Å². The average Bonchev–Trinajstić information content (AvgIpc) is 2.77. The topological polar surface area (TPSA) is 9.23 Å². The summed E-state index contributed by atoms with van der Waals surface area (Å²) in [5, 5.41) is 5.78. The fourth-order valence-electron chi connectivity index (χ4n) is 4.50. The van der Waals surface area contributed by atoms with Gasteiger partial charge < -0.3 is 4.74 Å². The second-order valence-corrected chi connectivity index (χ2v) is 11.4. The molecule has 1 nitrogen and oxygen atoms in total. The molecule has 3 aromatic rings. The van der Waals surface area contributed by atoms with E-state index in [1.54, 1.807) is 0 Å². The molecule has 1 aliphatic carbocycles. The summed E-state index contributed by atoms with van der Waals surface area (Å²) in [7, 11) is -1.99. The summed E-state index contributed by atoms with van der Waals surface area (Å²) in [4.78, 5) is 0. The Kier molecular flexibility index (Phi) is 6.16. The molecule has 0 spiro atoms. The Morgan fingerprint density at radius 3 is 1.45 bits per heavy atom. The van der Waals surface area contributed by atoms with Gasteiger partial charge in [0.25, 0.3) is 0 Å². The fraction of sp³-hybridized carbons (Fsp3) is 0.259. The van der Waals surface area contributed by atoms with E-state index < -0.39 is 7.26 Å². The van der Waals surface area contributed by atoms with Gasteiger partial charge in [-0.2, -0.15) is 0 Å². The molecule has 0 amide bonds. The number of rotatable bonds is 6. The van der Waals surface area contributed by atoms with Crippen LogP contribution < -0.4 is 15.9 Å². The molecule has 0 saturated carbocycles. The van der Waals surface area contributed by atoms with Gasteiger partial charge in [0, 0.05) is 12.8 Å². The van der Waals surface area contributed by atoms with Crippen LogP contribution in [0.4, 0.5) is 0 Å². The molecule has 0 unspecified atom stereocenters. The van der Waals surface area contributed by atoms with Gasteiger partial charge >= 0.3 is 0 Å². The van der Waals surface area contributed by atoms with Crippen LogP contribution in [0, 0.1) is 0 Å². The Bertz CT molecular complexity index is 849. The summed E-state index contributed by atoms with van der Waals surface area (Å²) in [5.74, 6) is 1.23. The molecule has 0 fully saturated rings. The maximum atomic E-state index is 6.48. The van der Waals surface area contributed by atoms with E-state index in [1.807, 2.05) is 0 Å². The minimum atomic E-state index is -1.99. The van der Waals surface area contributed by atoms with Crippen LogP contribution in [0.15, 0.2) is 102 Å². The lowest BCUT2D eigenvalue weighted by Gasteiger charge is -2.33. The summed E-state index contributed by atoms with van der Waals surface area (Å²) in [6, 6.07) is 33.4. The monoisotopic (exact) mass is 401 g/mol. The maximum absolute atomic E-state index is 6.48. The van der Waals surface area contributed by atoms with E-state index in [9.17, 15) is 0 Å². The van der Waals surface area contributed by atoms with E-state index in [4.69, 9.17) is 4.74 Å². The van der Waals surface area contributed by atoms with Gasteiger partial charge in [0.15, 0.2) is 0 Å². The summed E-state index contributed by atoms with van der Waals surface area (Å²) in [6.45, 7) is 4.29. The van der Waals surface area contributed by atoms with Crippen molar-refractivity contribution in [3.8, 4) is 0 Å². The first kappa shape index (κ1) is 19.9. The van der Waals surface area contributed by atoms with Crippen LogP contribution in [-0.4, -0.2) is 6.10 Å².